The molecule has 4 rings (SSSR count). The molecule has 2 heterocycles. The lowest BCUT2D eigenvalue weighted by Gasteiger charge is -2.08. The number of hydrogen-bond donors (Lipinski definition) is 1. The smallest absolute Gasteiger partial charge is 0.340 e. The Bertz CT molecular complexity index is 1370. The summed E-state index contributed by atoms with van der Waals surface area (Å²) in [5.41, 5.74) is 0.792. The summed E-state index contributed by atoms with van der Waals surface area (Å²) < 4.78 is 34.3. The number of halogens is 3. The number of carbonyl (C=O) groups is 2. The first kappa shape index (κ1) is 21.9. The number of nitrogens with one attached hydrogen (secondary N) is 1. The molecule has 1 N–H and O–H groups in total. The minimum Gasteiger partial charge on any atom is -0.465 e. The number of methoxy groups -OCH3 is 1. The predicted molar refractivity (Wildman–Crippen MR) is 119 cm³/mol. The number of ether oxygens (including phenoxy) is 1. The lowest BCUT2D eigenvalue weighted by molar-refractivity contribution is 0.0595. The van der Waals surface area contributed by atoms with Crippen molar-refractivity contribution in [3.05, 3.63) is 80.8 Å². The molecule has 4 aromatic rings. The lowest BCUT2D eigenvalue weighted by Crippen LogP contribution is -2.14. The van der Waals surface area contributed by atoms with Crippen LogP contribution in [-0.4, -0.2) is 28.8 Å². The van der Waals surface area contributed by atoms with Gasteiger partial charge in [0.1, 0.15) is 16.5 Å². The summed E-state index contributed by atoms with van der Waals surface area (Å²) in [6.07, 6.45) is 0. The Kier molecular flexibility index (Phi) is 5.94. The minimum atomic E-state index is -1.08. The predicted octanol–water partition coefficient (Wildman–Crippen LogP) is 5.43. The van der Waals surface area contributed by atoms with E-state index in [1.807, 2.05) is 25.1 Å². The molecular weight excluding hydrogens is 460 g/mol. The van der Waals surface area contributed by atoms with Crippen molar-refractivity contribution < 1.29 is 23.1 Å². The Hall–Kier alpha value is -3.30. The highest BCUT2D eigenvalue weighted by Gasteiger charge is 2.21. The number of fused-ring (bicyclic) bond motifs is 1. The molecule has 0 saturated heterocycles. The average Bonchev–Trinajstić information content (AvgIpc) is 3.32. The van der Waals surface area contributed by atoms with Gasteiger partial charge in [-0.25, -0.2) is 13.6 Å². The van der Waals surface area contributed by atoms with Crippen LogP contribution in [0, 0.1) is 18.6 Å². The molecular formula is C22H16ClF2N3O3S. The second-order valence-corrected chi connectivity index (χ2v) is 8.36. The number of aryl methyl sites for hydroxylation is 1. The van der Waals surface area contributed by atoms with Gasteiger partial charge in [-0.3, -0.25) is 9.48 Å². The van der Waals surface area contributed by atoms with E-state index in [9.17, 15) is 18.4 Å². The topological polar surface area (TPSA) is 73.2 Å². The summed E-state index contributed by atoms with van der Waals surface area (Å²) in [6, 6.07) is 10.5. The minimum absolute atomic E-state index is 0.303. The van der Waals surface area contributed by atoms with E-state index in [2.05, 4.69) is 15.2 Å². The van der Waals surface area contributed by atoms with E-state index in [4.69, 9.17) is 11.6 Å². The molecule has 32 heavy (non-hydrogen) atoms. The number of esters is 1. The van der Waals surface area contributed by atoms with Crippen molar-refractivity contribution in [1.82, 2.24) is 9.78 Å². The summed E-state index contributed by atoms with van der Waals surface area (Å²) in [6.45, 7) is 2.24. The van der Waals surface area contributed by atoms with Crippen LogP contribution in [0.5, 0.6) is 0 Å². The third-order valence-corrected chi connectivity index (χ3v) is 6.34. The van der Waals surface area contributed by atoms with E-state index in [1.54, 1.807) is 16.8 Å². The highest BCUT2D eigenvalue weighted by Crippen LogP contribution is 2.31. The summed E-state index contributed by atoms with van der Waals surface area (Å²) in [5.74, 6) is -3.67. The van der Waals surface area contributed by atoms with Crippen molar-refractivity contribution >= 4 is 50.7 Å². The van der Waals surface area contributed by atoms with E-state index >= 15 is 0 Å². The Balaban J connectivity index is 1.64. The Morgan fingerprint density at radius 1 is 1.19 bits per heavy atom. The van der Waals surface area contributed by atoms with Crippen LogP contribution in [0.4, 0.5) is 14.5 Å². The van der Waals surface area contributed by atoms with Crippen LogP contribution in [0.15, 0.2) is 42.5 Å². The standard InChI is InChI=1S/C22H16ClF2N3O3S/c1-11-13-8-19(32-21(13)28(27-11)10-12-5-3-4-6-15(12)23)20(29)26-18-7-14(22(30)31-2)16(24)9-17(18)25/h3-9H,10H2,1-2H3,(H,26,29). The van der Waals surface area contributed by atoms with E-state index in [0.29, 0.717) is 22.5 Å². The third kappa shape index (κ3) is 4.09. The maximum atomic E-state index is 14.2. The molecule has 164 valence electrons. The second-order valence-electron chi connectivity index (χ2n) is 6.92. The first-order valence-corrected chi connectivity index (χ1v) is 10.6. The molecule has 0 unspecified atom stereocenters. The molecule has 0 aliphatic carbocycles. The Morgan fingerprint density at radius 3 is 2.66 bits per heavy atom. The summed E-state index contributed by atoms with van der Waals surface area (Å²) in [7, 11) is 1.08. The fourth-order valence-electron chi connectivity index (χ4n) is 3.21. The quantitative estimate of drug-likeness (QED) is 0.391. The maximum absolute atomic E-state index is 14.2. The first-order chi connectivity index (χ1) is 15.3. The van der Waals surface area contributed by atoms with Crippen molar-refractivity contribution in [3.8, 4) is 0 Å². The summed E-state index contributed by atoms with van der Waals surface area (Å²) in [4.78, 5) is 25.5. The fraction of sp³-hybridized carbons (Fsp3) is 0.136. The molecule has 1 amide bonds. The lowest BCUT2D eigenvalue weighted by atomic mass is 10.1. The van der Waals surface area contributed by atoms with Gasteiger partial charge in [0.05, 0.1) is 35.5 Å². The number of anilines is 1. The molecule has 6 nitrogen and oxygen atoms in total. The third-order valence-electron chi connectivity index (χ3n) is 4.82. The van der Waals surface area contributed by atoms with Gasteiger partial charge < -0.3 is 10.1 Å². The highest BCUT2D eigenvalue weighted by atomic mass is 35.5. The largest absolute Gasteiger partial charge is 0.465 e. The van der Waals surface area contributed by atoms with Crippen molar-refractivity contribution in [3.63, 3.8) is 0 Å². The van der Waals surface area contributed by atoms with Crippen LogP contribution in [0.3, 0.4) is 0 Å². The Labute approximate surface area is 190 Å². The van der Waals surface area contributed by atoms with Crippen LogP contribution in [0.2, 0.25) is 5.02 Å². The van der Waals surface area contributed by atoms with Crippen molar-refractivity contribution in [2.75, 3.05) is 12.4 Å². The van der Waals surface area contributed by atoms with Crippen LogP contribution in [-0.2, 0) is 11.3 Å². The van der Waals surface area contributed by atoms with Crippen LogP contribution >= 0.6 is 22.9 Å². The zero-order chi connectivity index (χ0) is 23.0. The number of carbonyl (C=O) groups excluding carboxylic acids is 2. The monoisotopic (exact) mass is 475 g/mol. The van der Waals surface area contributed by atoms with E-state index in [-0.39, 0.29) is 5.69 Å². The van der Waals surface area contributed by atoms with E-state index < -0.39 is 29.1 Å². The number of rotatable bonds is 5. The van der Waals surface area contributed by atoms with Crippen LogP contribution in [0.1, 0.15) is 31.3 Å². The molecule has 0 aliphatic rings. The van der Waals surface area contributed by atoms with Crippen molar-refractivity contribution in [2.45, 2.75) is 13.5 Å². The molecule has 0 aliphatic heterocycles. The first-order valence-electron chi connectivity index (χ1n) is 9.37. The zero-order valence-electron chi connectivity index (χ0n) is 16.9. The van der Waals surface area contributed by atoms with Crippen molar-refractivity contribution in [2.24, 2.45) is 0 Å². The van der Waals surface area contributed by atoms with Gasteiger partial charge in [0.2, 0.25) is 0 Å². The number of thiophene rings is 1. The van der Waals surface area contributed by atoms with Crippen LogP contribution < -0.4 is 5.32 Å². The molecule has 0 saturated carbocycles. The summed E-state index contributed by atoms with van der Waals surface area (Å²) >= 11 is 7.43. The van der Waals surface area contributed by atoms with E-state index in [1.165, 1.54) is 11.3 Å². The Morgan fingerprint density at radius 2 is 1.94 bits per heavy atom. The zero-order valence-corrected chi connectivity index (χ0v) is 18.5. The number of nitrogens with zero attached hydrogens (tertiary/aromatic N) is 2. The fourth-order valence-corrected chi connectivity index (χ4v) is 4.47. The van der Waals surface area contributed by atoms with Gasteiger partial charge in [0.15, 0.2) is 0 Å². The van der Waals surface area contributed by atoms with Gasteiger partial charge >= 0.3 is 5.97 Å². The molecule has 0 bridgehead atoms. The second kappa shape index (κ2) is 8.68. The highest BCUT2D eigenvalue weighted by molar-refractivity contribution is 7.20. The summed E-state index contributed by atoms with van der Waals surface area (Å²) in [5, 5.41) is 8.30. The van der Waals surface area contributed by atoms with Crippen LogP contribution in [0.25, 0.3) is 10.2 Å². The van der Waals surface area contributed by atoms with Gasteiger partial charge in [-0.1, -0.05) is 29.8 Å². The average molecular weight is 476 g/mol. The molecule has 0 radical (unpaired) electrons. The SMILES string of the molecule is COC(=O)c1cc(NC(=O)c2cc3c(C)nn(Cc4ccccc4Cl)c3s2)c(F)cc1F. The molecule has 0 atom stereocenters. The van der Waals surface area contributed by atoms with Gasteiger partial charge in [-0.15, -0.1) is 11.3 Å². The maximum Gasteiger partial charge on any atom is 0.340 e. The normalized spacial score (nSPS) is 11.0. The number of hydrogen-bond acceptors (Lipinski definition) is 5. The molecule has 0 fully saturated rings. The van der Waals surface area contributed by atoms with Gasteiger partial charge in [-0.2, -0.15) is 5.10 Å². The van der Waals surface area contributed by atoms with Crippen molar-refractivity contribution in [1.29, 1.82) is 0 Å². The van der Waals surface area contributed by atoms with Gasteiger partial charge in [-0.05, 0) is 30.7 Å². The number of aromatic nitrogens is 2. The van der Waals surface area contributed by atoms with Gasteiger partial charge in [0.25, 0.3) is 5.91 Å². The van der Waals surface area contributed by atoms with E-state index in [0.717, 1.165) is 34.7 Å². The molecule has 2 aromatic carbocycles. The number of benzene rings is 2. The molecule has 10 heteroatoms. The molecule has 2 aromatic heterocycles. The van der Waals surface area contributed by atoms with Gasteiger partial charge in [0, 0.05) is 16.5 Å². The molecule has 0 spiro atoms. The number of amides is 1.